The normalized spacial score (nSPS) is 12.5. The second-order valence-corrected chi connectivity index (χ2v) is 10.2. The van der Waals surface area contributed by atoms with Crippen molar-refractivity contribution in [3.8, 4) is 0 Å². The maximum atomic E-state index is 12.3. The number of amides is 4. The molecule has 0 aliphatic heterocycles. The summed E-state index contributed by atoms with van der Waals surface area (Å²) in [5, 5.41) is 29.0. The lowest BCUT2D eigenvalue weighted by atomic mass is 9.87. The highest BCUT2D eigenvalue weighted by molar-refractivity contribution is 8.13. The molecule has 0 radical (unpaired) electrons. The highest BCUT2D eigenvalue weighted by atomic mass is 32.2. The molecule has 39 heavy (non-hydrogen) atoms. The molecule has 0 saturated heterocycles. The van der Waals surface area contributed by atoms with Crippen molar-refractivity contribution in [3.63, 3.8) is 0 Å². The molecule has 0 aliphatic rings. The number of ether oxygens (including phenoxy) is 1. The van der Waals surface area contributed by atoms with Gasteiger partial charge in [0.1, 0.15) is 12.1 Å². The lowest BCUT2D eigenvalue weighted by Gasteiger charge is -2.29. The van der Waals surface area contributed by atoms with Crippen molar-refractivity contribution in [2.45, 2.75) is 52.2 Å². The van der Waals surface area contributed by atoms with Crippen LogP contribution < -0.4 is 21.3 Å². The van der Waals surface area contributed by atoms with E-state index in [2.05, 4.69) is 31.2 Å². The molecule has 1 aromatic rings. The topological polar surface area (TPSA) is 229 Å². The molecule has 0 bridgehead atoms. The van der Waals surface area contributed by atoms with Gasteiger partial charge in [-0.1, -0.05) is 25.6 Å². The van der Waals surface area contributed by atoms with Crippen LogP contribution in [0.5, 0.6) is 0 Å². The summed E-state index contributed by atoms with van der Waals surface area (Å²) in [5.74, 6) is -3.77. The number of carboxylic acid groups (broad SMARTS) is 1. The van der Waals surface area contributed by atoms with Crippen molar-refractivity contribution in [1.82, 2.24) is 31.2 Å². The second kappa shape index (κ2) is 17.0. The minimum atomic E-state index is -1.62. The number of aliphatic hydroxyl groups is 1. The number of thioether (sulfide) groups is 1. The number of H-pyrrole nitrogens is 1. The number of carboxylic acids is 1. The van der Waals surface area contributed by atoms with Crippen molar-refractivity contribution in [3.05, 3.63) is 18.2 Å². The zero-order valence-corrected chi connectivity index (χ0v) is 22.9. The van der Waals surface area contributed by atoms with Crippen molar-refractivity contribution in [2.24, 2.45) is 5.41 Å². The van der Waals surface area contributed by atoms with Crippen molar-refractivity contribution >= 4 is 46.7 Å². The Morgan fingerprint density at radius 2 is 1.82 bits per heavy atom. The Balaban J connectivity index is 2.27. The van der Waals surface area contributed by atoms with Gasteiger partial charge in [0.05, 0.1) is 19.4 Å². The number of imidazole rings is 1. The smallest absolute Gasteiger partial charge is 0.329 e. The van der Waals surface area contributed by atoms with Crippen LogP contribution in [0.25, 0.3) is 0 Å². The van der Waals surface area contributed by atoms with Crippen molar-refractivity contribution in [1.29, 1.82) is 0 Å². The lowest BCUT2D eigenvalue weighted by Crippen LogP contribution is -2.48. The number of aliphatic hydroxyl groups excluding tert-OH is 1. The third kappa shape index (κ3) is 14.2. The van der Waals surface area contributed by atoms with Crippen LogP contribution in [0, 0.1) is 5.41 Å². The monoisotopic (exact) mass is 572 g/mol. The Kier molecular flexibility index (Phi) is 14.6. The van der Waals surface area contributed by atoms with Crippen LogP contribution in [0.3, 0.4) is 0 Å². The second-order valence-electron chi connectivity index (χ2n) is 9.13. The molecule has 1 aromatic heterocycles. The molecule has 0 aliphatic carbocycles. The fourth-order valence-corrected chi connectivity index (χ4v) is 3.59. The van der Waals surface area contributed by atoms with E-state index in [1.165, 1.54) is 13.8 Å². The first kappa shape index (κ1) is 33.4. The fourth-order valence-electron chi connectivity index (χ4n) is 2.99. The summed E-state index contributed by atoms with van der Waals surface area (Å²) >= 11 is 1.03. The number of carbonyl (C=O) groups excluding carboxylic acids is 5. The number of esters is 1. The number of rotatable bonds is 17. The van der Waals surface area contributed by atoms with Gasteiger partial charge in [-0.05, 0) is 0 Å². The highest BCUT2D eigenvalue weighted by Crippen LogP contribution is 2.22. The van der Waals surface area contributed by atoms with Gasteiger partial charge in [0.2, 0.25) is 17.7 Å². The summed E-state index contributed by atoms with van der Waals surface area (Å²) in [6.45, 7) is 4.21. The number of aliphatic carboxylic acids is 1. The van der Waals surface area contributed by atoms with Gasteiger partial charge in [0.25, 0.3) is 5.24 Å². The summed E-state index contributed by atoms with van der Waals surface area (Å²) < 4.78 is 5.04. The fraction of sp³-hybridized carbons (Fsp3) is 0.609. The average Bonchev–Trinajstić information content (AvgIpc) is 3.37. The van der Waals surface area contributed by atoms with Gasteiger partial charge < -0.3 is 41.2 Å². The van der Waals surface area contributed by atoms with Crippen LogP contribution in [-0.4, -0.2) is 99.2 Å². The minimum Gasteiger partial charge on any atom is -0.481 e. The van der Waals surface area contributed by atoms with Crippen molar-refractivity contribution in [2.75, 3.05) is 32.0 Å². The molecule has 0 saturated carbocycles. The van der Waals surface area contributed by atoms with Crippen molar-refractivity contribution < 1.29 is 43.7 Å². The van der Waals surface area contributed by atoms with Gasteiger partial charge in [-0.3, -0.25) is 24.0 Å². The first-order chi connectivity index (χ1) is 18.3. The van der Waals surface area contributed by atoms with E-state index in [0.29, 0.717) is 18.7 Å². The Hall–Kier alpha value is -3.66. The Bertz CT molecular complexity index is 971. The van der Waals surface area contributed by atoms with E-state index in [1.807, 2.05) is 0 Å². The molecular weight excluding hydrogens is 536 g/mol. The lowest BCUT2D eigenvalue weighted by molar-refractivity contribution is -0.158. The van der Waals surface area contributed by atoms with Crippen LogP contribution >= 0.6 is 11.8 Å². The van der Waals surface area contributed by atoms with Gasteiger partial charge in [-0.2, -0.15) is 0 Å². The number of carbonyl (C=O) groups is 6. The SMILES string of the molecule is CC(=O)N[C@@H](CC(=O)O)C(=O)OCC(C)(C)[C@@H](O)C(=O)NCCC(=O)NCCSC(=O)NCCc1cnc[nH]1. The highest BCUT2D eigenvalue weighted by Gasteiger charge is 2.36. The third-order valence-electron chi connectivity index (χ3n) is 5.14. The summed E-state index contributed by atoms with van der Waals surface area (Å²) in [4.78, 5) is 77.2. The largest absolute Gasteiger partial charge is 0.481 e. The standard InChI is InChI=1S/C23H36N6O9S/c1-14(30)29-16(10-18(32)33)21(36)38-12-23(2,3)19(34)20(35)26-7-5-17(31)25-8-9-39-22(37)27-6-4-15-11-24-13-28-15/h11,13,16,19,34H,4-10,12H2,1-3H3,(H,24,28)(H,25,31)(H,26,35)(H,27,37)(H,29,30)(H,32,33)/t16-,19-/m0/s1. The van der Waals surface area contributed by atoms with E-state index < -0.39 is 54.3 Å². The quantitative estimate of drug-likeness (QED) is 0.0877. The number of aromatic amines is 1. The number of hydrogen-bond donors (Lipinski definition) is 7. The average molecular weight is 573 g/mol. The molecule has 1 rings (SSSR count). The molecule has 4 amide bonds. The van der Waals surface area contributed by atoms with Crippen LogP contribution in [0.4, 0.5) is 4.79 Å². The summed E-state index contributed by atoms with van der Waals surface area (Å²) in [5.41, 5.74) is -0.355. The van der Waals surface area contributed by atoms with Gasteiger partial charge in [-0.15, -0.1) is 0 Å². The summed E-state index contributed by atoms with van der Waals surface area (Å²) in [6, 6.07) is -1.42. The first-order valence-electron chi connectivity index (χ1n) is 12.1. The number of aromatic nitrogens is 2. The van der Waals surface area contributed by atoms with E-state index in [1.54, 1.807) is 12.5 Å². The zero-order valence-electron chi connectivity index (χ0n) is 22.1. The molecule has 0 unspecified atom stereocenters. The minimum absolute atomic E-state index is 0.0670. The van der Waals surface area contributed by atoms with E-state index in [9.17, 15) is 33.9 Å². The van der Waals surface area contributed by atoms with Gasteiger partial charge in [-0.25, -0.2) is 9.78 Å². The predicted octanol–water partition coefficient (Wildman–Crippen LogP) is -1.07. The predicted molar refractivity (Wildman–Crippen MR) is 139 cm³/mol. The Morgan fingerprint density at radius 3 is 2.44 bits per heavy atom. The van der Waals surface area contributed by atoms with Crippen LogP contribution in [-0.2, 0) is 35.1 Å². The van der Waals surface area contributed by atoms with Crippen LogP contribution in [0.1, 0.15) is 39.3 Å². The number of nitrogens with zero attached hydrogens (tertiary/aromatic N) is 1. The molecule has 0 fully saturated rings. The number of hydrogen-bond acceptors (Lipinski definition) is 10. The zero-order chi connectivity index (χ0) is 29.4. The van der Waals surface area contributed by atoms with E-state index in [-0.39, 0.29) is 30.7 Å². The van der Waals surface area contributed by atoms with Crippen LogP contribution in [0.2, 0.25) is 0 Å². The molecule has 218 valence electrons. The molecule has 7 N–H and O–H groups in total. The van der Waals surface area contributed by atoms with Gasteiger partial charge >= 0.3 is 11.9 Å². The summed E-state index contributed by atoms with van der Waals surface area (Å²) in [6.07, 6.45) is 1.48. The van der Waals surface area contributed by atoms with Crippen LogP contribution in [0.15, 0.2) is 12.5 Å². The molecule has 15 nitrogen and oxygen atoms in total. The van der Waals surface area contributed by atoms with Gasteiger partial charge in [0, 0.05) is 62.5 Å². The Morgan fingerprint density at radius 1 is 1.10 bits per heavy atom. The molecular formula is C23H36N6O9S. The Labute approximate surface area is 229 Å². The molecule has 0 spiro atoms. The molecule has 0 aromatic carbocycles. The van der Waals surface area contributed by atoms with E-state index >= 15 is 0 Å². The molecule has 2 atom stereocenters. The summed E-state index contributed by atoms with van der Waals surface area (Å²) in [7, 11) is 0. The van der Waals surface area contributed by atoms with E-state index in [0.717, 1.165) is 24.4 Å². The first-order valence-corrected chi connectivity index (χ1v) is 13.1. The maximum Gasteiger partial charge on any atom is 0.329 e. The number of nitrogens with one attached hydrogen (secondary N) is 5. The maximum absolute atomic E-state index is 12.3. The van der Waals surface area contributed by atoms with Gasteiger partial charge in [0.15, 0.2) is 0 Å². The third-order valence-corrected chi connectivity index (χ3v) is 5.96. The van der Waals surface area contributed by atoms with E-state index in [4.69, 9.17) is 9.84 Å². The molecule has 1 heterocycles. The molecule has 16 heteroatoms.